The quantitative estimate of drug-likeness (QED) is 0.621. The normalized spacial score (nSPS) is 18.4. The van der Waals surface area contributed by atoms with Crippen LogP contribution in [0.2, 0.25) is 5.02 Å². The van der Waals surface area contributed by atoms with Crippen molar-refractivity contribution in [3.05, 3.63) is 41.2 Å². The first-order valence-electron chi connectivity index (χ1n) is 11.0. The van der Waals surface area contributed by atoms with Crippen molar-refractivity contribution in [2.24, 2.45) is 11.7 Å². The number of piperidine rings is 1. The second kappa shape index (κ2) is 9.43. The van der Waals surface area contributed by atoms with E-state index in [0.29, 0.717) is 37.6 Å². The lowest BCUT2D eigenvalue weighted by Gasteiger charge is -2.38. The molecule has 10 heteroatoms. The standard InChI is InChI=1S/C23H27ClFN5O3/c1-3-18(31)29-9-6-13(7-10-29)16-5-8-27-23-19(22(26)32)21(28-30(16)23)14-11-15(25)20(24)17(12-14)33-4-2/h3,11-13,16,27H,1,4-10H2,2H3,(H2,26,32). The largest absolute Gasteiger partial charge is 0.492 e. The van der Waals surface area contributed by atoms with Gasteiger partial charge in [0.25, 0.3) is 5.91 Å². The predicted molar refractivity (Wildman–Crippen MR) is 124 cm³/mol. The molecule has 1 fully saturated rings. The van der Waals surface area contributed by atoms with Crippen LogP contribution in [0.4, 0.5) is 10.2 Å². The van der Waals surface area contributed by atoms with Crippen molar-refractivity contribution in [1.82, 2.24) is 14.7 Å². The highest BCUT2D eigenvalue weighted by Crippen LogP contribution is 2.41. The van der Waals surface area contributed by atoms with Gasteiger partial charge in [0, 0.05) is 25.2 Å². The second-order valence-electron chi connectivity index (χ2n) is 8.23. The average molecular weight is 476 g/mol. The molecule has 0 bridgehead atoms. The zero-order valence-corrected chi connectivity index (χ0v) is 19.2. The number of nitrogens with one attached hydrogen (secondary N) is 1. The fourth-order valence-electron chi connectivity index (χ4n) is 4.77. The number of fused-ring (bicyclic) bond motifs is 1. The van der Waals surface area contributed by atoms with E-state index in [1.807, 2.05) is 0 Å². The number of primary amides is 1. The maximum Gasteiger partial charge on any atom is 0.254 e. The molecule has 0 aliphatic carbocycles. The van der Waals surface area contributed by atoms with Gasteiger partial charge in [-0.1, -0.05) is 18.2 Å². The van der Waals surface area contributed by atoms with E-state index in [-0.39, 0.29) is 39.9 Å². The molecule has 1 unspecified atom stereocenters. The monoisotopic (exact) mass is 475 g/mol. The molecule has 1 atom stereocenters. The van der Waals surface area contributed by atoms with Crippen LogP contribution in [0.15, 0.2) is 24.8 Å². The van der Waals surface area contributed by atoms with Crippen LogP contribution in [0.25, 0.3) is 11.3 Å². The van der Waals surface area contributed by atoms with Crippen molar-refractivity contribution in [3.63, 3.8) is 0 Å². The summed E-state index contributed by atoms with van der Waals surface area (Å²) in [6, 6.07) is 2.84. The van der Waals surface area contributed by atoms with Crippen molar-refractivity contribution < 1.29 is 18.7 Å². The van der Waals surface area contributed by atoms with Gasteiger partial charge in [0.1, 0.15) is 33.7 Å². The second-order valence-corrected chi connectivity index (χ2v) is 8.61. The number of ether oxygens (including phenoxy) is 1. The number of benzene rings is 1. The number of hydrogen-bond donors (Lipinski definition) is 2. The van der Waals surface area contributed by atoms with Gasteiger partial charge in [-0.3, -0.25) is 9.59 Å². The minimum Gasteiger partial charge on any atom is -0.492 e. The lowest BCUT2D eigenvalue weighted by atomic mass is 9.87. The summed E-state index contributed by atoms with van der Waals surface area (Å²) in [7, 11) is 0. The summed E-state index contributed by atoms with van der Waals surface area (Å²) in [5, 5.41) is 7.85. The van der Waals surface area contributed by atoms with Crippen LogP contribution in [0, 0.1) is 11.7 Å². The summed E-state index contributed by atoms with van der Waals surface area (Å²) in [5.74, 6) is -0.395. The van der Waals surface area contributed by atoms with Gasteiger partial charge in [-0.25, -0.2) is 9.07 Å². The Labute approximate surface area is 196 Å². The van der Waals surface area contributed by atoms with Gasteiger partial charge < -0.3 is 20.7 Å². The molecule has 176 valence electrons. The van der Waals surface area contributed by atoms with E-state index in [9.17, 15) is 14.0 Å². The van der Waals surface area contributed by atoms with Gasteiger partial charge in [-0.15, -0.1) is 0 Å². The Morgan fingerprint density at radius 3 is 2.73 bits per heavy atom. The maximum atomic E-state index is 14.5. The number of nitrogens with zero attached hydrogens (tertiary/aromatic N) is 3. The van der Waals surface area contributed by atoms with Crippen LogP contribution in [0.3, 0.4) is 0 Å². The number of carbonyl (C=O) groups excluding carboxylic acids is 2. The number of halogens is 2. The lowest BCUT2D eigenvalue weighted by Crippen LogP contribution is -2.41. The highest BCUT2D eigenvalue weighted by Gasteiger charge is 2.36. The van der Waals surface area contributed by atoms with Gasteiger partial charge in [0.05, 0.1) is 12.6 Å². The number of carbonyl (C=O) groups is 2. The highest BCUT2D eigenvalue weighted by molar-refractivity contribution is 6.32. The number of rotatable bonds is 6. The SMILES string of the molecule is C=CC(=O)N1CCC(C2CCNc3c(C(N)=O)c(-c4cc(F)c(Cl)c(OCC)c4)nn32)CC1. The van der Waals surface area contributed by atoms with Crippen molar-refractivity contribution in [2.75, 3.05) is 31.6 Å². The molecule has 4 rings (SSSR count). The summed E-state index contributed by atoms with van der Waals surface area (Å²) < 4.78 is 21.8. The summed E-state index contributed by atoms with van der Waals surface area (Å²) in [6.45, 7) is 7.58. The summed E-state index contributed by atoms with van der Waals surface area (Å²) in [5.41, 5.74) is 6.60. The Balaban J connectivity index is 1.72. The molecule has 1 saturated heterocycles. The minimum absolute atomic E-state index is 0.0255. The number of aromatic nitrogens is 2. The van der Waals surface area contributed by atoms with E-state index in [1.165, 1.54) is 12.1 Å². The molecule has 1 aromatic heterocycles. The summed E-state index contributed by atoms with van der Waals surface area (Å²) in [6.07, 6.45) is 3.78. The van der Waals surface area contributed by atoms with Crippen LogP contribution in [-0.2, 0) is 4.79 Å². The molecule has 2 amide bonds. The van der Waals surface area contributed by atoms with Crippen LogP contribution in [0.5, 0.6) is 5.75 Å². The number of likely N-dealkylation sites (tertiary alicyclic amines) is 1. The first-order valence-corrected chi connectivity index (χ1v) is 11.4. The molecule has 3 N–H and O–H groups in total. The van der Waals surface area contributed by atoms with E-state index in [0.717, 1.165) is 19.3 Å². The third kappa shape index (κ3) is 4.29. The van der Waals surface area contributed by atoms with Crippen molar-refractivity contribution in [3.8, 4) is 17.0 Å². The summed E-state index contributed by atoms with van der Waals surface area (Å²) >= 11 is 6.04. The van der Waals surface area contributed by atoms with Gasteiger partial charge >= 0.3 is 0 Å². The predicted octanol–water partition coefficient (Wildman–Crippen LogP) is 3.62. The molecule has 33 heavy (non-hydrogen) atoms. The van der Waals surface area contributed by atoms with Crippen molar-refractivity contribution >= 4 is 29.2 Å². The molecule has 3 heterocycles. The Morgan fingerprint density at radius 1 is 1.36 bits per heavy atom. The molecule has 0 spiro atoms. The van der Waals surface area contributed by atoms with Crippen LogP contribution >= 0.6 is 11.6 Å². The highest BCUT2D eigenvalue weighted by atomic mass is 35.5. The average Bonchev–Trinajstić information content (AvgIpc) is 3.21. The molecular formula is C23H27ClFN5O3. The molecule has 0 saturated carbocycles. The van der Waals surface area contributed by atoms with E-state index in [1.54, 1.807) is 22.6 Å². The fourth-order valence-corrected chi connectivity index (χ4v) is 4.93. The lowest BCUT2D eigenvalue weighted by molar-refractivity contribution is -0.127. The maximum absolute atomic E-state index is 14.5. The smallest absolute Gasteiger partial charge is 0.254 e. The third-order valence-electron chi connectivity index (χ3n) is 6.34. The molecule has 8 nitrogen and oxygen atoms in total. The molecule has 2 aromatic rings. The topological polar surface area (TPSA) is 102 Å². The van der Waals surface area contributed by atoms with Gasteiger partial charge in [0.15, 0.2) is 0 Å². The molecule has 2 aliphatic rings. The molecule has 2 aliphatic heterocycles. The van der Waals surface area contributed by atoms with Crippen molar-refractivity contribution in [2.45, 2.75) is 32.2 Å². The molecule has 1 aromatic carbocycles. The van der Waals surface area contributed by atoms with Crippen LogP contribution in [0.1, 0.15) is 42.6 Å². The van der Waals surface area contributed by atoms with Crippen molar-refractivity contribution in [1.29, 1.82) is 0 Å². The molecule has 0 radical (unpaired) electrons. The zero-order chi connectivity index (χ0) is 23.7. The van der Waals surface area contributed by atoms with E-state index in [4.69, 9.17) is 27.2 Å². The van der Waals surface area contributed by atoms with Crippen LogP contribution < -0.4 is 15.8 Å². The first-order chi connectivity index (χ1) is 15.8. The van der Waals surface area contributed by atoms with Crippen LogP contribution in [-0.4, -0.2) is 52.7 Å². The Kier molecular flexibility index (Phi) is 6.60. The zero-order valence-electron chi connectivity index (χ0n) is 18.4. The Hall–Kier alpha value is -3.07. The third-order valence-corrected chi connectivity index (χ3v) is 6.71. The minimum atomic E-state index is -0.664. The number of hydrogen-bond acceptors (Lipinski definition) is 5. The number of amides is 2. The fraction of sp³-hybridized carbons (Fsp3) is 0.435. The summed E-state index contributed by atoms with van der Waals surface area (Å²) in [4.78, 5) is 26.2. The molecular weight excluding hydrogens is 449 g/mol. The van der Waals surface area contributed by atoms with Gasteiger partial charge in [-0.2, -0.15) is 5.10 Å². The number of nitrogens with two attached hydrogens (primary N) is 1. The number of anilines is 1. The van der Waals surface area contributed by atoms with Gasteiger partial charge in [-0.05, 0) is 50.3 Å². The Morgan fingerprint density at radius 2 is 2.09 bits per heavy atom. The first kappa shape index (κ1) is 23.1. The Bertz CT molecular complexity index is 1090. The van der Waals surface area contributed by atoms with E-state index < -0.39 is 11.7 Å². The van der Waals surface area contributed by atoms with Gasteiger partial charge in [0.2, 0.25) is 5.91 Å². The van der Waals surface area contributed by atoms with E-state index >= 15 is 0 Å². The van der Waals surface area contributed by atoms with E-state index in [2.05, 4.69) is 11.9 Å².